The Balaban J connectivity index is 2.15. The van der Waals surface area contributed by atoms with E-state index in [4.69, 9.17) is 0 Å². The van der Waals surface area contributed by atoms with Crippen LogP contribution < -0.4 is 0 Å². The van der Waals surface area contributed by atoms with E-state index in [1.807, 2.05) is 0 Å². The van der Waals surface area contributed by atoms with Crippen LogP contribution in [0.2, 0.25) is 0 Å². The van der Waals surface area contributed by atoms with Gasteiger partial charge in [-0.15, -0.1) is 0 Å². The lowest BCUT2D eigenvalue weighted by atomic mass is 10.0. The normalized spacial score (nSPS) is 11.5. The van der Waals surface area contributed by atoms with Gasteiger partial charge in [0.2, 0.25) is 0 Å². The Kier molecular flexibility index (Phi) is 2.27. The van der Waals surface area contributed by atoms with Crippen LogP contribution in [-0.4, -0.2) is 9.55 Å². The summed E-state index contributed by atoms with van der Waals surface area (Å²) in [5, 5.41) is 2.60. The molecule has 98 valence electrons. The number of aromatic nitrogens is 2. The fourth-order valence-corrected chi connectivity index (χ4v) is 3.14. The number of nitrogens with one attached hydrogen (secondary N) is 1. The molecular formula is C18H16N2. The van der Waals surface area contributed by atoms with Gasteiger partial charge in [0.25, 0.3) is 0 Å². The average molecular weight is 260 g/mol. The number of fused-ring (bicyclic) bond motifs is 2. The lowest BCUT2D eigenvalue weighted by molar-refractivity contribution is 0.920. The second kappa shape index (κ2) is 4.01. The molecule has 0 aliphatic rings. The molecule has 0 saturated heterocycles. The van der Waals surface area contributed by atoms with Crippen molar-refractivity contribution in [2.75, 3.05) is 0 Å². The van der Waals surface area contributed by atoms with E-state index in [2.05, 4.69) is 78.3 Å². The predicted molar refractivity (Wildman–Crippen MR) is 84.9 cm³/mol. The highest BCUT2D eigenvalue weighted by Crippen LogP contribution is 2.37. The minimum Gasteiger partial charge on any atom is -0.361 e. The Morgan fingerprint density at radius 2 is 1.60 bits per heavy atom. The van der Waals surface area contributed by atoms with Crippen LogP contribution in [0.5, 0.6) is 0 Å². The van der Waals surface area contributed by atoms with E-state index < -0.39 is 0 Å². The lowest BCUT2D eigenvalue weighted by Gasteiger charge is -2.01. The van der Waals surface area contributed by atoms with Gasteiger partial charge in [0.05, 0.1) is 0 Å². The van der Waals surface area contributed by atoms with Crippen molar-refractivity contribution in [2.45, 2.75) is 6.92 Å². The minimum atomic E-state index is 1.19. The van der Waals surface area contributed by atoms with Crippen LogP contribution in [0, 0.1) is 6.92 Å². The molecule has 0 radical (unpaired) electrons. The summed E-state index contributed by atoms with van der Waals surface area (Å²) in [6.45, 7) is 2.19. The molecule has 0 spiro atoms. The maximum atomic E-state index is 3.38. The summed E-state index contributed by atoms with van der Waals surface area (Å²) in [5.41, 5.74) is 6.39. The molecule has 2 heteroatoms. The van der Waals surface area contributed by atoms with Gasteiger partial charge in [-0.25, -0.2) is 0 Å². The van der Waals surface area contributed by atoms with Crippen molar-refractivity contribution in [1.29, 1.82) is 0 Å². The molecular weight excluding hydrogens is 244 g/mol. The van der Waals surface area contributed by atoms with Gasteiger partial charge in [0.15, 0.2) is 0 Å². The van der Waals surface area contributed by atoms with Crippen LogP contribution >= 0.6 is 0 Å². The van der Waals surface area contributed by atoms with Crippen molar-refractivity contribution in [3.63, 3.8) is 0 Å². The van der Waals surface area contributed by atoms with Gasteiger partial charge >= 0.3 is 0 Å². The zero-order valence-corrected chi connectivity index (χ0v) is 11.6. The van der Waals surface area contributed by atoms with E-state index in [-0.39, 0.29) is 0 Å². The number of H-pyrrole nitrogens is 1. The first-order chi connectivity index (χ1) is 9.77. The van der Waals surface area contributed by atoms with Gasteiger partial charge in [0.1, 0.15) is 0 Å². The first-order valence-corrected chi connectivity index (χ1v) is 6.88. The maximum absolute atomic E-state index is 3.38. The largest absolute Gasteiger partial charge is 0.361 e. The van der Waals surface area contributed by atoms with Crippen LogP contribution in [0.3, 0.4) is 0 Å². The van der Waals surface area contributed by atoms with Crippen molar-refractivity contribution in [1.82, 2.24) is 9.55 Å². The monoisotopic (exact) mass is 260 g/mol. The average Bonchev–Trinajstić information content (AvgIpc) is 3.01. The third-order valence-electron chi connectivity index (χ3n) is 4.26. The van der Waals surface area contributed by atoms with E-state index in [0.29, 0.717) is 0 Å². The van der Waals surface area contributed by atoms with Crippen molar-refractivity contribution < 1.29 is 0 Å². The summed E-state index contributed by atoms with van der Waals surface area (Å²) in [4.78, 5) is 3.38. The Labute approximate surface area is 117 Å². The number of hydrogen-bond acceptors (Lipinski definition) is 0. The van der Waals surface area contributed by atoms with Crippen molar-refractivity contribution in [2.24, 2.45) is 7.05 Å². The molecule has 4 aromatic rings. The Morgan fingerprint density at radius 1 is 0.900 bits per heavy atom. The number of rotatable bonds is 1. The number of hydrogen-bond donors (Lipinski definition) is 1. The van der Waals surface area contributed by atoms with Gasteiger partial charge in [-0.3, -0.25) is 0 Å². The first kappa shape index (κ1) is 11.4. The van der Waals surface area contributed by atoms with Crippen LogP contribution in [0.25, 0.3) is 32.9 Å². The lowest BCUT2D eigenvalue weighted by Crippen LogP contribution is -1.90. The number of aromatic amines is 1. The Hall–Kier alpha value is -2.48. The molecule has 0 aliphatic heterocycles. The Bertz CT molecular complexity index is 925. The molecule has 2 aromatic carbocycles. The van der Waals surface area contributed by atoms with Crippen molar-refractivity contribution >= 4 is 21.8 Å². The first-order valence-electron chi connectivity index (χ1n) is 6.88. The SMILES string of the molecule is Cc1c(-c2c[nH]c3ccccc23)c2ccccc2n1C. The molecule has 2 heterocycles. The van der Waals surface area contributed by atoms with E-state index in [1.165, 1.54) is 38.6 Å². The molecule has 0 unspecified atom stereocenters. The summed E-state index contributed by atoms with van der Waals surface area (Å²) in [7, 11) is 2.13. The third kappa shape index (κ3) is 1.39. The summed E-state index contributed by atoms with van der Waals surface area (Å²) in [6.07, 6.45) is 2.12. The second-order valence-corrected chi connectivity index (χ2v) is 5.28. The standard InChI is InChI=1S/C18H16N2/c1-12-18(14-8-4-6-10-17(14)20(12)2)15-11-19-16-9-5-3-7-13(15)16/h3-11,19H,1-2H3. The zero-order chi connectivity index (χ0) is 13.7. The summed E-state index contributed by atoms with van der Waals surface area (Å²) in [5.74, 6) is 0. The number of para-hydroxylation sites is 2. The molecule has 0 saturated carbocycles. The zero-order valence-electron chi connectivity index (χ0n) is 11.6. The topological polar surface area (TPSA) is 20.7 Å². The summed E-state index contributed by atoms with van der Waals surface area (Å²) < 4.78 is 2.27. The van der Waals surface area contributed by atoms with Crippen LogP contribution in [0.1, 0.15) is 5.69 Å². The van der Waals surface area contributed by atoms with Gasteiger partial charge in [-0.1, -0.05) is 36.4 Å². The number of nitrogens with zero attached hydrogens (tertiary/aromatic N) is 1. The molecule has 0 fully saturated rings. The summed E-state index contributed by atoms with van der Waals surface area (Å²) in [6, 6.07) is 17.1. The molecule has 0 aliphatic carbocycles. The van der Waals surface area contributed by atoms with Crippen molar-refractivity contribution in [3.05, 3.63) is 60.4 Å². The van der Waals surface area contributed by atoms with E-state index in [0.717, 1.165) is 0 Å². The van der Waals surface area contributed by atoms with Crippen LogP contribution in [0.4, 0.5) is 0 Å². The summed E-state index contributed by atoms with van der Waals surface area (Å²) >= 11 is 0. The number of aryl methyl sites for hydroxylation is 1. The predicted octanol–water partition coefficient (Wildman–Crippen LogP) is 4.64. The van der Waals surface area contributed by atoms with Crippen LogP contribution in [-0.2, 0) is 7.05 Å². The van der Waals surface area contributed by atoms with Gasteiger partial charge in [-0.05, 0) is 19.1 Å². The van der Waals surface area contributed by atoms with Gasteiger partial charge in [0, 0.05) is 51.9 Å². The molecule has 20 heavy (non-hydrogen) atoms. The highest BCUT2D eigenvalue weighted by molar-refractivity contribution is 6.06. The quantitative estimate of drug-likeness (QED) is 0.515. The van der Waals surface area contributed by atoms with E-state index in [1.54, 1.807) is 0 Å². The minimum absolute atomic E-state index is 1.19. The van der Waals surface area contributed by atoms with E-state index in [9.17, 15) is 0 Å². The Morgan fingerprint density at radius 3 is 2.45 bits per heavy atom. The van der Waals surface area contributed by atoms with Crippen LogP contribution in [0.15, 0.2) is 54.7 Å². The molecule has 2 nitrogen and oxygen atoms in total. The number of benzene rings is 2. The molecule has 1 N–H and O–H groups in total. The highest BCUT2D eigenvalue weighted by atomic mass is 14.9. The molecule has 2 aromatic heterocycles. The fourth-order valence-electron chi connectivity index (χ4n) is 3.14. The van der Waals surface area contributed by atoms with Gasteiger partial charge in [-0.2, -0.15) is 0 Å². The molecule has 0 atom stereocenters. The maximum Gasteiger partial charge on any atom is 0.0486 e. The molecule has 0 bridgehead atoms. The highest BCUT2D eigenvalue weighted by Gasteiger charge is 2.15. The second-order valence-electron chi connectivity index (χ2n) is 5.28. The van der Waals surface area contributed by atoms with Gasteiger partial charge < -0.3 is 9.55 Å². The van der Waals surface area contributed by atoms with Crippen molar-refractivity contribution in [3.8, 4) is 11.1 Å². The fraction of sp³-hybridized carbons (Fsp3) is 0.111. The molecule has 4 rings (SSSR count). The smallest absolute Gasteiger partial charge is 0.0486 e. The third-order valence-corrected chi connectivity index (χ3v) is 4.26. The van der Waals surface area contributed by atoms with E-state index >= 15 is 0 Å². The molecule has 0 amide bonds.